The molecule has 2 atom stereocenters. The molecule has 0 N–H and O–H groups in total. The number of unbranched alkanes of at least 4 members (excludes halogenated alkanes) is 1. The Balaban J connectivity index is 2.09. The number of hydrogen-bond donors (Lipinski definition) is 0. The number of carbonyl (C=O) groups excluding carboxylic acids is 2. The van der Waals surface area contributed by atoms with Crippen LogP contribution in [0.4, 0.5) is 0 Å². The van der Waals surface area contributed by atoms with Crippen LogP contribution >= 0.6 is 0 Å². The molecule has 2 aromatic rings. The third-order valence-electron chi connectivity index (χ3n) is 8.07. The second-order valence-electron chi connectivity index (χ2n) is 11.1. The molecule has 0 unspecified atom stereocenters. The molecule has 0 spiro atoms. The monoisotopic (exact) mass is 580 g/mol. The number of carbonyl (C=O) groups is 2. The molecule has 0 saturated carbocycles. The fraction of sp³-hybridized carbons (Fsp3) is 0.611. The molecular weight excluding hydrogens is 524 g/mol. The molecule has 0 aliphatic heterocycles. The lowest BCUT2D eigenvalue weighted by Crippen LogP contribution is -2.34. The van der Waals surface area contributed by atoms with E-state index in [1.807, 2.05) is 48.5 Å². The molecule has 0 aliphatic rings. The summed E-state index contributed by atoms with van der Waals surface area (Å²) in [4.78, 5) is 31.9. The predicted molar refractivity (Wildman–Crippen MR) is 174 cm³/mol. The summed E-state index contributed by atoms with van der Waals surface area (Å²) >= 11 is 0. The van der Waals surface area contributed by atoms with Gasteiger partial charge in [0.2, 0.25) is 0 Å². The SMILES string of the molecule is CCCOc1ccc(C(=O)[C@H](CCCC[C@H](CN(CC)CC)C(=O)c2ccc(OCCC)cc2)CN(CC)CC)cc1. The molecule has 0 saturated heterocycles. The Kier molecular flexibility index (Phi) is 17.1. The minimum atomic E-state index is -0.0695. The topological polar surface area (TPSA) is 59.1 Å². The van der Waals surface area contributed by atoms with Gasteiger partial charge in [0.25, 0.3) is 0 Å². The van der Waals surface area contributed by atoms with Crippen molar-refractivity contribution < 1.29 is 19.1 Å². The van der Waals surface area contributed by atoms with Crippen LogP contribution in [0.25, 0.3) is 0 Å². The van der Waals surface area contributed by atoms with Crippen molar-refractivity contribution in [1.82, 2.24) is 9.80 Å². The lowest BCUT2D eigenvalue weighted by molar-refractivity contribution is 0.0852. The van der Waals surface area contributed by atoms with Gasteiger partial charge in [-0.2, -0.15) is 0 Å². The fourth-order valence-corrected chi connectivity index (χ4v) is 5.32. The molecule has 0 fully saturated rings. The van der Waals surface area contributed by atoms with Crippen molar-refractivity contribution in [2.45, 2.75) is 80.1 Å². The predicted octanol–water partition coefficient (Wildman–Crippen LogP) is 7.81. The highest BCUT2D eigenvalue weighted by Crippen LogP contribution is 2.24. The van der Waals surface area contributed by atoms with E-state index in [1.54, 1.807) is 0 Å². The number of Topliss-reactive ketones (excluding diaryl/α,β-unsaturated/α-hetero) is 2. The van der Waals surface area contributed by atoms with Crippen LogP contribution in [0.3, 0.4) is 0 Å². The number of ketones is 2. The zero-order valence-electron chi connectivity index (χ0n) is 27.2. The van der Waals surface area contributed by atoms with E-state index < -0.39 is 0 Å². The first-order valence-corrected chi connectivity index (χ1v) is 16.4. The van der Waals surface area contributed by atoms with Crippen molar-refractivity contribution in [3.63, 3.8) is 0 Å². The van der Waals surface area contributed by atoms with Gasteiger partial charge < -0.3 is 19.3 Å². The standard InChI is InChI=1S/C36H56N2O4/c1-7-25-41-33-21-17-29(18-22-33)35(39)31(27-37(9-3)10-4)15-13-14-16-32(28-38(11-5)12-6)36(40)30-19-23-34(24-20-30)42-26-8-2/h17-24,31-32H,7-16,25-28H2,1-6H3/t31-,32-/m1/s1. The number of ether oxygens (including phenoxy) is 2. The lowest BCUT2D eigenvalue weighted by atomic mass is 9.88. The third-order valence-corrected chi connectivity index (χ3v) is 8.07. The largest absolute Gasteiger partial charge is 0.494 e. The average Bonchev–Trinajstić information content (AvgIpc) is 3.03. The fourth-order valence-electron chi connectivity index (χ4n) is 5.32. The first-order valence-electron chi connectivity index (χ1n) is 16.4. The van der Waals surface area contributed by atoms with Gasteiger partial charge in [0.05, 0.1) is 13.2 Å². The van der Waals surface area contributed by atoms with E-state index in [0.29, 0.717) is 13.2 Å². The molecule has 6 heteroatoms. The molecule has 0 radical (unpaired) electrons. The summed E-state index contributed by atoms with van der Waals surface area (Å²) in [6, 6.07) is 15.2. The molecule has 234 valence electrons. The van der Waals surface area contributed by atoms with Gasteiger partial charge in [-0.05, 0) is 100 Å². The van der Waals surface area contributed by atoms with Crippen LogP contribution in [0.2, 0.25) is 0 Å². The molecular formula is C36H56N2O4. The summed E-state index contributed by atoms with van der Waals surface area (Å²) in [7, 11) is 0. The Hall–Kier alpha value is -2.70. The molecule has 0 amide bonds. The number of nitrogens with zero attached hydrogens (tertiary/aromatic N) is 2. The van der Waals surface area contributed by atoms with Crippen molar-refractivity contribution in [3.05, 3.63) is 59.7 Å². The van der Waals surface area contributed by atoms with Crippen LogP contribution < -0.4 is 9.47 Å². The smallest absolute Gasteiger partial charge is 0.167 e. The highest BCUT2D eigenvalue weighted by atomic mass is 16.5. The maximum atomic E-state index is 13.6. The van der Waals surface area contributed by atoms with Crippen LogP contribution in [-0.4, -0.2) is 73.8 Å². The van der Waals surface area contributed by atoms with Gasteiger partial charge in [0.15, 0.2) is 11.6 Å². The third kappa shape index (κ3) is 11.9. The first kappa shape index (κ1) is 35.5. The second kappa shape index (κ2) is 20.2. The van der Waals surface area contributed by atoms with Crippen LogP contribution in [0.15, 0.2) is 48.5 Å². The van der Waals surface area contributed by atoms with Crippen molar-refractivity contribution in [2.75, 3.05) is 52.5 Å². The summed E-state index contributed by atoms with van der Waals surface area (Å²) in [6.45, 7) is 19.3. The van der Waals surface area contributed by atoms with E-state index in [0.717, 1.165) is 100 Å². The Morgan fingerprint density at radius 1 is 0.571 bits per heavy atom. The lowest BCUT2D eigenvalue weighted by Gasteiger charge is -2.26. The van der Waals surface area contributed by atoms with Crippen molar-refractivity contribution >= 4 is 11.6 Å². The van der Waals surface area contributed by atoms with E-state index in [-0.39, 0.29) is 23.4 Å². The van der Waals surface area contributed by atoms with Crippen LogP contribution in [0.5, 0.6) is 11.5 Å². The Bertz CT molecular complexity index is 930. The molecule has 0 heterocycles. The van der Waals surface area contributed by atoms with Gasteiger partial charge in [-0.3, -0.25) is 9.59 Å². The Labute approximate surface area is 255 Å². The summed E-state index contributed by atoms with van der Waals surface area (Å²) in [6.07, 6.45) is 5.38. The molecule has 0 aliphatic carbocycles. The van der Waals surface area contributed by atoms with Gasteiger partial charge in [-0.15, -0.1) is 0 Å². The van der Waals surface area contributed by atoms with E-state index in [1.165, 1.54) is 0 Å². The minimum absolute atomic E-state index is 0.0695. The highest BCUT2D eigenvalue weighted by Gasteiger charge is 2.25. The van der Waals surface area contributed by atoms with Crippen LogP contribution in [0, 0.1) is 11.8 Å². The molecule has 0 bridgehead atoms. The maximum Gasteiger partial charge on any atom is 0.167 e. The van der Waals surface area contributed by atoms with Gasteiger partial charge in [-0.25, -0.2) is 0 Å². The van der Waals surface area contributed by atoms with E-state index in [4.69, 9.17) is 9.47 Å². The summed E-state index contributed by atoms with van der Waals surface area (Å²) < 4.78 is 11.4. The van der Waals surface area contributed by atoms with Crippen molar-refractivity contribution in [1.29, 1.82) is 0 Å². The molecule has 6 nitrogen and oxygen atoms in total. The van der Waals surface area contributed by atoms with Crippen LogP contribution in [0.1, 0.15) is 101 Å². The van der Waals surface area contributed by atoms with E-state index in [9.17, 15) is 9.59 Å². The average molecular weight is 581 g/mol. The molecule has 42 heavy (non-hydrogen) atoms. The van der Waals surface area contributed by atoms with Gasteiger partial charge in [0.1, 0.15) is 11.5 Å². The number of benzene rings is 2. The summed E-state index contributed by atoms with van der Waals surface area (Å²) in [5.74, 6) is 1.87. The van der Waals surface area contributed by atoms with Gasteiger partial charge in [-0.1, -0.05) is 54.4 Å². The van der Waals surface area contributed by atoms with Crippen molar-refractivity contribution in [2.24, 2.45) is 11.8 Å². The number of hydrogen-bond acceptors (Lipinski definition) is 6. The minimum Gasteiger partial charge on any atom is -0.494 e. The Morgan fingerprint density at radius 2 is 0.905 bits per heavy atom. The Morgan fingerprint density at radius 3 is 1.19 bits per heavy atom. The van der Waals surface area contributed by atoms with E-state index in [2.05, 4.69) is 51.3 Å². The molecule has 2 aromatic carbocycles. The van der Waals surface area contributed by atoms with Crippen molar-refractivity contribution in [3.8, 4) is 11.5 Å². The summed E-state index contributed by atoms with van der Waals surface area (Å²) in [5, 5.41) is 0. The zero-order valence-corrected chi connectivity index (χ0v) is 27.2. The quantitative estimate of drug-likeness (QED) is 0.0987. The highest BCUT2D eigenvalue weighted by molar-refractivity contribution is 5.98. The van der Waals surface area contributed by atoms with Crippen LogP contribution in [-0.2, 0) is 0 Å². The zero-order chi connectivity index (χ0) is 30.7. The molecule has 0 aromatic heterocycles. The van der Waals surface area contributed by atoms with Gasteiger partial charge >= 0.3 is 0 Å². The second-order valence-corrected chi connectivity index (χ2v) is 11.1. The van der Waals surface area contributed by atoms with Gasteiger partial charge in [0, 0.05) is 36.1 Å². The van der Waals surface area contributed by atoms with E-state index >= 15 is 0 Å². The first-order chi connectivity index (χ1) is 20.4. The number of rotatable bonds is 23. The molecule has 2 rings (SSSR count). The maximum absolute atomic E-state index is 13.6. The summed E-state index contributed by atoms with van der Waals surface area (Å²) in [5.41, 5.74) is 1.49. The normalized spacial score (nSPS) is 12.9.